The molecular weight excluding hydrogens is 883 g/mol. The van der Waals surface area contributed by atoms with Crippen molar-refractivity contribution in [3.8, 4) is 44.8 Å². The molecule has 3 aliphatic rings. The van der Waals surface area contributed by atoms with Gasteiger partial charge in [-0.25, -0.2) is 0 Å². The summed E-state index contributed by atoms with van der Waals surface area (Å²) in [4.78, 5) is 2.63. The fraction of sp³-hybridized carbons (Fsp3) is 0.0571. The highest BCUT2D eigenvalue weighted by atomic mass is 15.2. The normalized spacial score (nSPS) is 14.1. The largest absolute Gasteiger partial charge is 0.309 e. The van der Waals surface area contributed by atoms with Crippen LogP contribution in [0.4, 0.5) is 17.1 Å². The molecule has 0 saturated heterocycles. The molecule has 0 saturated carbocycles. The smallest absolute Gasteiger partial charge is 0.0726 e. The number of hydrogen-bond donors (Lipinski definition) is 0. The van der Waals surface area contributed by atoms with Crippen molar-refractivity contribution in [1.82, 2.24) is 9.13 Å². The van der Waals surface area contributed by atoms with Gasteiger partial charge in [0.2, 0.25) is 0 Å². The molecule has 0 N–H and O–H groups in total. The molecule has 1 spiro atoms. The molecule has 0 amide bonds. The number of aromatic nitrogens is 2. The van der Waals surface area contributed by atoms with Crippen LogP contribution in [0.5, 0.6) is 0 Å². The van der Waals surface area contributed by atoms with Crippen LogP contribution in [0.2, 0.25) is 0 Å². The van der Waals surface area contributed by atoms with Crippen LogP contribution in [-0.2, 0) is 10.8 Å². The second-order valence-electron chi connectivity index (χ2n) is 20.7. The standard InChI is InChI=1S/C70H47N3/c1-69(2)53-29-12-6-23-46(53)49-42-41-45(43-58(49)69)72-60-35-17-11-28-52(60)68-63(72)38-20-40-65(68)73(64-39-19-37-62-67(64)51-27-10-16-34-59(51)71(62)44-21-4-3-5-22-44)61-36-18-33-57-66(61)50-26-9-15-32-56(50)70(57)54-30-13-7-24-47(54)48-25-8-14-31-55(48)70/h3-43H,1-2H3. The molecule has 0 fully saturated rings. The first kappa shape index (κ1) is 40.5. The number of fused-ring (bicyclic) bond motifs is 19. The number of rotatable bonds is 5. The summed E-state index contributed by atoms with van der Waals surface area (Å²) in [5.41, 5.74) is 25.6. The molecular formula is C70H47N3. The van der Waals surface area contributed by atoms with Crippen LogP contribution in [0.15, 0.2) is 249 Å². The third-order valence-electron chi connectivity index (χ3n) is 16.9. The van der Waals surface area contributed by atoms with Gasteiger partial charge >= 0.3 is 0 Å². The van der Waals surface area contributed by atoms with Crippen LogP contribution in [0.1, 0.15) is 47.2 Å². The molecule has 342 valence electrons. The van der Waals surface area contributed by atoms with Crippen molar-refractivity contribution in [2.75, 3.05) is 4.90 Å². The van der Waals surface area contributed by atoms with E-state index in [9.17, 15) is 0 Å². The molecule has 73 heavy (non-hydrogen) atoms. The van der Waals surface area contributed by atoms with Gasteiger partial charge in [-0.2, -0.15) is 0 Å². The Hall–Kier alpha value is -9.18. The monoisotopic (exact) mass is 929 g/mol. The van der Waals surface area contributed by atoms with Gasteiger partial charge in [0, 0.05) is 43.9 Å². The SMILES string of the molecule is CC1(C)c2ccccc2-c2ccc(-n3c4ccccc4c4c(N(c5cccc6c5-c5ccccc5C65c6ccccc6-c6ccccc65)c5cccc6c5c5ccccc5n6-c5ccccc5)cccc43)cc21. The van der Waals surface area contributed by atoms with E-state index in [4.69, 9.17) is 0 Å². The molecule has 16 rings (SSSR count). The Labute approximate surface area is 424 Å². The fourth-order valence-corrected chi connectivity index (χ4v) is 14.0. The molecule has 0 radical (unpaired) electrons. The minimum Gasteiger partial charge on any atom is -0.309 e. The van der Waals surface area contributed by atoms with Crippen LogP contribution in [0.25, 0.3) is 88.4 Å². The molecule has 0 aliphatic heterocycles. The van der Waals surface area contributed by atoms with Gasteiger partial charge in [0.25, 0.3) is 0 Å². The maximum atomic E-state index is 2.63. The zero-order valence-corrected chi connectivity index (χ0v) is 40.5. The summed E-state index contributed by atoms with van der Waals surface area (Å²) in [5.74, 6) is 0. The van der Waals surface area contributed by atoms with Crippen molar-refractivity contribution < 1.29 is 0 Å². The van der Waals surface area contributed by atoms with E-state index in [0.29, 0.717) is 0 Å². The predicted octanol–water partition coefficient (Wildman–Crippen LogP) is 18.0. The lowest BCUT2D eigenvalue weighted by molar-refractivity contribution is 0.660. The van der Waals surface area contributed by atoms with Gasteiger partial charge in [-0.3, -0.25) is 0 Å². The number of para-hydroxylation sites is 3. The average molecular weight is 930 g/mol. The molecule has 0 bridgehead atoms. The predicted molar refractivity (Wildman–Crippen MR) is 304 cm³/mol. The Kier molecular flexibility index (Phi) is 8.16. The van der Waals surface area contributed by atoms with Crippen molar-refractivity contribution >= 4 is 60.7 Å². The van der Waals surface area contributed by atoms with E-state index in [1.54, 1.807) is 0 Å². The number of anilines is 3. The van der Waals surface area contributed by atoms with Gasteiger partial charge in [0.05, 0.1) is 44.5 Å². The first-order valence-electron chi connectivity index (χ1n) is 25.6. The summed E-state index contributed by atoms with van der Waals surface area (Å²) in [5, 5.41) is 4.84. The van der Waals surface area contributed by atoms with Gasteiger partial charge in [-0.05, 0) is 128 Å². The van der Waals surface area contributed by atoms with Gasteiger partial charge in [-0.1, -0.05) is 196 Å². The highest BCUT2D eigenvalue weighted by molar-refractivity contribution is 6.21. The van der Waals surface area contributed by atoms with Crippen LogP contribution >= 0.6 is 0 Å². The first-order chi connectivity index (χ1) is 36.0. The molecule has 3 aliphatic carbocycles. The van der Waals surface area contributed by atoms with E-state index in [1.165, 1.54) is 105 Å². The van der Waals surface area contributed by atoms with Gasteiger partial charge in [0.15, 0.2) is 0 Å². The van der Waals surface area contributed by atoms with E-state index in [0.717, 1.165) is 34.0 Å². The molecule has 3 nitrogen and oxygen atoms in total. The van der Waals surface area contributed by atoms with Crippen molar-refractivity contribution in [2.24, 2.45) is 0 Å². The van der Waals surface area contributed by atoms with Crippen molar-refractivity contribution in [3.05, 3.63) is 282 Å². The minimum atomic E-state index is -0.501. The van der Waals surface area contributed by atoms with Gasteiger partial charge < -0.3 is 14.0 Å². The third kappa shape index (κ3) is 5.18. The lowest BCUT2D eigenvalue weighted by Gasteiger charge is -2.32. The Morgan fingerprint density at radius 3 is 1.34 bits per heavy atom. The summed E-state index contributed by atoms with van der Waals surface area (Å²) in [6.45, 7) is 4.75. The second kappa shape index (κ2) is 14.7. The molecule has 2 aromatic heterocycles. The molecule has 13 aromatic rings. The van der Waals surface area contributed by atoms with E-state index >= 15 is 0 Å². The molecule has 3 heteroatoms. The third-order valence-corrected chi connectivity index (χ3v) is 16.9. The van der Waals surface area contributed by atoms with E-state index < -0.39 is 5.41 Å². The van der Waals surface area contributed by atoms with Crippen LogP contribution in [-0.4, -0.2) is 9.13 Å². The highest BCUT2D eigenvalue weighted by Crippen LogP contribution is 2.65. The van der Waals surface area contributed by atoms with Crippen molar-refractivity contribution in [2.45, 2.75) is 24.7 Å². The number of nitrogens with zero attached hydrogens (tertiary/aromatic N) is 3. The second-order valence-corrected chi connectivity index (χ2v) is 20.7. The Morgan fingerprint density at radius 2 is 0.726 bits per heavy atom. The maximum absolute atomic E-state index is 2.63. The summed E-state index contributed by atoms with van der Waals surface area (Å²) < 4.78 is 4.96. The number of benzene rings is 11. The van der Waals surface area contributed by atoms with Gasteiger partial charge in [-0.15, -0.1) is 0 Å². The first-order valence-corrected chi connectivity index (χ1v) is 25.6. The lowest BCUT2D eigenvalue weighted by atomic mass is 9.70. The fourth-order valence-electron chi connectivity index (χ4n) is 14.0. The summed E-state index contributed by atoms with van der Waals surface area (Å²) in [7, 11) is 0. The quantitative estimate of drug-likeness (QED) is 0.168. The lowest BCUT2D eigenvalue weighted by Crippen LogP contribution is -2.26. The van der Waals surface area contributed by atoms with Crippen molar-refractivity contribution in [3.63, 3.8) is 0 Å². The Balaban J connectivity index is 1.03. The molecule has 2 heterocycles. The highest BCUT2D eigenvalue weighted by Gasteiger charge is 2.52. The van der Waals surface area contributed by atoms with Gasteiger partial charge in [0.1, 0.15) is 0 Å². The molecule has 0 unspecified atom stereocenters. The van der Waals surface area contributed by atoms with E-state index in [1.807, 2.05) is 0 Å². The van der Waals surface area contributed by atoms with Crippen LogP contribution in [0, 0.1) is 0 Å². The minimum absolute atomic E-state index is 0.137. The number of hydrogen-bond acceptors (Lipinski definition) is 1. The van der Waals surface area contributed by atoms with E-state index in [2.05, 4.69) is 277 Å². The summed E-state index contributed by atoms with van der Waals surface area (Å²) >= 11 is 0. The van der Waals surface area contributed by atoms with Crippen LogP contribution < -0.4 is 4.90 Å². The zero-order chi connectivity index (χ0) is 48.2. The Bertz CT molecular complexity index is 4440. The van der Waals surface area contributed by atoms with E-state index in [-0.39, 0.29) is 5.41 Å². The summed E-state index contributed by atoms with van der Waals surface area (Å²) in [6, 6.07) is 93.4. The molecule has 0 atom stereocenters. The zero-order valence-electron chi connectivity index (χ0n) is 40.5. The molecule has 11 aromatic carbocycles. The topological polar surface area (TPSA) is 13.1 Å². The Morgan fingerprint density at radius 1 is 0.301 bits per heavy atom. The van der Waals surface area contributed by atoms with Crippen LogP contribution in [0.3, 0.4) is 0 Å². The maximum Gasteiger partial charge on any atom is 0.0726 e. The van der Waals surface area contributed by atoms with Crippen molar-refractivity contribution in [1.29, 1.82) is 0 Å². The average Bonchev–Trinajstić information content (AvgIpc) is 4.21. The summed E-state index contributed by atoms with van der Waals surface area (Å²) in [6.07, 6.45) is 0.